The second-order valence-corrected chi connectivity index (χ2v) is 5.52. The Morgan fingerprint density at radius 2 is 1.48 bits per heavy atom. The maximum atomic E-state index is 12.2. The summed E-state index contributed by atoms with van der Waals surface area (Å²) in [5.41, 5.74) is 1.40. The van der Waals surface area contributed by atoms with Gasteiger partial charge in [0.1, 0.15) is 0 Å². The third-order valence-corrected chi connectivity index (χ3v) is 3.58. The third kappa shape index (κ3) is 4.91. The Balaban J connectivity index is 2.25. The second kappa shape index (κ2) is 8.61. The van der Waals surface area contributed by atoms with E-state index in [1.54, 1.807) is 18.2 Å². The molecule has 27 heavy (non-hydrogen) atoms. The Kier molecular flexibility index (Phi) is 6.27. The molecule has 2 aromatic carbocycles. The molecule has 0 aliphatic rings. The zero-order valence-corrected chi connectivity index (χ0v) is 15.0. The van der Waals surface area contributed by atoms with Gasteiger partial charge < -0.3 is 20.1 Å². The molecule has 0 aliphatic carbocycles. The summed E-state index contributed by atoms with van der Waals surface area (Å²) in [6.07, 6.45) is 0. The first-order chi connectivity index (χ1) is 12.8. The third-order valence-electron chi connectivity index (χ3n) is 3.58. The summed E-state index contributed by atoms with van der Waals surface area (Å²) >= 11 is 0. The molecule has 8 heteroatoms. The minimum absolute atomic E-state index is 0.0122. The first kappa shape index (κ1) is 19.6. The number of anilines is 2. The van der Waals surface area contributed by atoms with Crippen LogP contribution in [-0.4, -0.2) is 38.0 Å². The maximum absolute atomic E-state index is 12.2. The standard InChI is InChI=1S/C19H18N2O6/c1-11-5-4-6-13(9-11)20-16(22)17(23)21-15-10-12(18(24)26-2)7-8-14(15)19(25)27-3/h4-10H,1-3H3,(H,20,22)(H,21,23). The van der Waals surface area contributed by atoms with Crippen LogP contribution in [0.2, 0.25) is 0 Å². The number of carbonyl (C=O) groups is 4. The molecule has 0 spiro atoms. The second-order valence-electron chi connectivity index (χ2n) is 5.52. The molecule has 0 atom stereocenters. The van der Waals surface area contributed by atoms with Gasteiger partial charge in [0.25, 0.3) is 0 Å². The lowest BCUT2D eigenvalue weighted by atomic mass is 10.1. The monoisotopic (exact) mass is 370 g/mol. The van der Waals surface area contributed by atoms with Crippen LogP contribution in [0.15, 0.2) is 42.5 Å². The Bertz CT molecular complexity index is 907. The van der Waals surface area contributed by atoms with Crippen molar-refractivity contribution in [1.29, 1.82) is 0 Å². The van der Waals surface area contributed by atoms with E-state index in [1.807, 2.05) is 13.0 Å². The Morgan fingerprint density at radius 1 is 0.815 bits per heavy atom. The van der Waals surface area contributed by atoms with Gasteiger partial charge in [-0.15, -0.1) is 0 Å². The number of amides is 2. The van der Waals surface area contributed by atoms with Crippen LogP contribution in [0.4, 0.5) is 11.4 Å². The van der Waals surface area contributed by atoms with E-state index >= 15 is 0 Å². The van der Waals surface area contributed by atoms with Crippen molar-refractivity contribution in [2.24, 2.45) is 0 Å². The van der Waals surface area contributed by atoms with E-state index in [0.717, 1.165) is 5.56 Å². The molecule has 0 saturated carbocycles. The van der Waals surface area contributed by atoms with Gasteiger partial charge in [-0.25, -0.2) is 9.59 Å². The molecule has 0 saturated heterocycles. The van der Waals surface area contributed by atoms with Crippen molar-refractivity contribution in [3.63, 3.8) is 0 Å². The van der Waals surface area contributed by atoms with Crippen LogP contribution in [0.5, 0.6) is 0 Å². The number of methoxy groups -OCH3 is 2. The molecule has 0 unspecified atom stereocenters. The molecule has 2 amide bonds. The van der Waals surface area contributed by atoms with Gasteiger partial charge in [-0.1, -0.05) is 12.1 Å². The van der Waals surface area contributed by atoms with Crippen LogP contribution in [0.1, 0.15) is 26.3 Å². The van der Waals surface area contributed by atoms with Crippen molar-refractivity contribution in [2.75, 3.05) is 24.9 Å². The van der Waals surface area contributed by atoms with Crippen LogP contribution in [0.25, 0.3) is 0 Å². The lowest BCUT2D eigenvalue weighted by Gasteiger charge is -2.11. The number of hydrogen-bond donors (Lipinski definition) is 2. The van der Waals surface area contributed by atoms with E-state index in [1.165, 1.54) is 32.4 Å². The fourth-order valence-corrected chi connectivity index (χ4v) is 2.27. The number of hydrogen-bond acceptors (Lipinski definition) is 6. The molecule has 0 heterocycles. The summed E-state index contributed by atoms with van der Waals surface area (Å²) in [4.78, 5) is 47.9. The van der Waals surface area contributed by atoms with Crippen molar-refractivity contribution >= 4 is 35.1 Å². The topological polar surface area (TPSA) is 111 Å². The normalized spacial score (nSPS) is 9.89. The molecule has 0 radical (unpaired) electrons. The molecule has 0 aliphatic heterocycles. The Hall–Kier alpha value is -3.68. The number of nitrogens with one attached hydrogen (secondary N) is 2. The van der Waals surface area contributed by atoms with Gasteiger partial charge >= 0.3 is 23.8 Å². The van der Waals surface area contributed by atoms with Crippen molar-refractivity contribution in [3.05, 3.63) is 59.2 Å². The van der Waals surface area contributed by atoms with Gasteiger partial charge in [-0.05, 0) is 42.8 Å². The van der Waals surface area contributed by atoms with Crippen molar-refractivity contribution in [3.8, 4) is 0 Å². The average Bonchev–Trinajstić information content (AvgIpc) is 2.66. The predicted octanol–water partition coefficient (Wildman–Crippen LogP) is 2.15. The summed E-state index contributed by atoms with van der Waals surface area (Å²) in [5, 5.41) is 4.78. The van der Waals surface area contributed by atoms with E-state index in [2.05, 4.69) is 20.1 Å². The number of ether oxygens (including phenoxy) is 2. The lowest BCUT2D eigenvalue weighted by molar-refractivity contribution is -0.133. The minimum Gasteiger partial charge on any atom is -0.465 e. The predicted molar refractivity (Wildman–Crippen MR) is 97.6 cm³/mol. The molecule has 2 rings (SSSR count). The number of carbonyl (C=O) groups excluding carboxylic acids is 4. The van der Waals surface area contributed by atoms with E-state index < -0.39 is 23.8 Å². The quantitative estimate of drug-likeness (QED) is 0.630. The Morgan fingerprint density at radius 3 is 2.11 bits per heavy atom. The van der Waals surface area contributed by atoms with Gasteiger partial charge in [-0.2, -0.15) is 0 Å². The summed E-state index contributed by atoms with van der Waals surface area (Å²) < 4.78 is 9.26. The highest BCUT2D eigenvalue weighted by molar-refractivity contribution is 6.44. The smallest absolute Gasteiger partial charge is 0.339 e. The molecule has 140 valence electrons. The van der Waals surface area contributed by atoms with Gasteiger partial charge in [0, 0.05) is 5.69 Å². The van der Waals surface area contributed by atoms with Crippen molar-refractivity contribution in [2.45, 2.75) is 6.92 Å². The van der Waals surface area contributed by atoms with Crippen LogP contribution >= 0.6 is 0 Å². The number of esters is 2. The summed E-state index contributed by atoms with van der Waals surface area (Å²) in [6.45, 7) is 1.84. The summed E-state index contributed by atoms with van der Waals surface area (Å²) in [6, 6.07) is 10.8. The highest BCUT2D eigenvalue weighted by Crippen LogP contribution is 2.20. The van der Waals surface area contributed by atoms with E-state index in [9.17, 15) is 19.2 Å². The molecular formula is C19H18N2O6. The van der Waals surface area contributed by atoms with E-state index in [-0.39, 0.29) is 16.8 Å². The van der Waals surface area contributed by atoms with Gasteiger partial charge in [-0.3, -0.25) is 9.59 Å². The van der Waals surface area contributed by atoms with E-state index in [0.29, 0.717) is 5.69 Å². The maximum Gasteiger partial charge on any atom is 0.339 e. The number of benzene rings is 2. The SMILES string of the molecule is COC(=O)c1ccc(C(=O)OC)c(NC(=O)C(=O)Nc2cccc(C)c2)c1. The lowest BCUT2D eigenvalue weighted by Crippen LogP contribution is -2.30. The number of aryl methyl sites for hydroxylation is 1. The van der Waals surface area contributed by atoms with Gasteiger partial charge in [0.15, 0.2) is 0 Å². The highest BCUT2D eigenvalue weighted by Gasteiger charge is 2.20. The average molecular weight is 370 g/mol. The van der Waals surface area contributed by atoms with Gasteiger partial charge in [0.05, 0.1) is 31.0 Å². The highest BCUT2D eigenvalue weighted by atomic mass is 16.5. The zero-order valence-electron chi connectivity index (χ0n) is 15.0. The Labute approximate surface area is 155 Å². The molecule has 0 fully saturated rings. The molecular weight excluding hydrogens is 352 g/mol. The molecule has 2 N–H and O–H groups in total. The molecule has 2 aromatic rings. The first-order valence-electron chi connectivity index (χ1n) is 7.85. The van der Waals surface area contributed by atoms with Crippen LogP contribution in [0, 0.1) is 6.92 Å². The molecule has 8 nitrogen and oxygen atoms in total. The fraction of sp³-hybridized carbons (Fsp3) is 0.158. The minimum atomic E-state index is -1.01. The summed E-state index contributed by atoms with van der Waals surface area (Å²) in [5.74, 6) is -3.34. The first-order valence-corrected chi connectivity index (χ1v) is 7.85. The molecule has 0 bridgehead atoms. The van der Waals surface area contributed by atoms with Crippen molar-refractivity contribution < 1.29 is 28.7 Å². The molecule has 0 aromatic heterocycles. The van der Waals surface area contributed by atoms with E-state index in [4.69, 9.17) is 0 Å². The van der Waals surface area contributed by atoms with Crippen molar-refractivity contribution in [1.82, 2.24) is 0 Å². The fourth-order valence-electron chi connectivity index (χ4n) is 2.27. The van der Waals surface area contributed by atoms with Crippen LogP contribution in [-0.2, 0) is 19.1 Å². The zero-order chi connectivity index (χ0) is 20.0. The van der Waals surface area contributed by atoms with Crippen LogP contribution in [0.3, 0.4) is 0 Å². The summed E-state index contributed by atoms with van der Waals surface area (Å²) in [7, 11) is 2.37. The van der Waals surface area contributed by atoms with Gasteiger partial charge in [0.2, 0.25) is 0 Å². The largest absolute Gasteiger partial charge is 0.465 e. The number of rotatable bonds is 4. The van der Waals surface area contributed by atoms with Crippen LogP contribution < -0.4 is 10.6 Å².